The third-order valence-electron chi connectivity index (χ3n) is 3.84. The number of aliphatic imine (C=N–C) groups is 1. The molecule has 1 aromatic heterocycles. The molecule has 1 aliphatic rings. The van der Waals surface area contributed by atoms with E-state index in [1.807, 2.05) is 11.8 Å². The molecule has 0 aliphatic carbocycles. The van der Waals surface area contributed by atoms with Crippen LogP contribution in [-0.2, 0) is 0 Å². The monoisotopic (exact) mass is 348 g/mol. The number of aromatic nitrogens is 2. The number of ether oxygens (including phenoxy) is 1. The highest BCUT2D eigenvalue weighted by atomic mass is 32.2. The maximum atomic E-state index is 12.2. The van der Waals surface area contributed by atoms with Crippen molar-refractivity contribution < 1.29 is 19.2 Å². The summed E-state index contributed by atoms with van der Waals surface area (Å²) in [6.45, 7) is 5.17. The van der Waals surface area contributed by atoms with Crippen molar-refractivity contribution in [3.05, 3.63) is 36.0 Å². The van der Waals surface area contributed by atoms with E-state index in [1.165, 1.54) is 0 Å². The van der Waals surface area contributed by atoms with Gasteiger partial charge in [0.15, 0.2) is 0 Å². The van der Waals surface area contributed by atoms with Crippen LogP contribution in [0.25, 0.3) is 0 Å². The largest absolute Gasteiger partial charge is 0.858 e. The van der Waals surface area contributed by atoms with Crippen LogP contribution in [0.15, 0.2) is 40.0 Å². The highest BCUT2D eigenvalue weighted by molar-refractivity contribution is 7.99. The number of rotatable bonds is 4. The zero-order valence-electron chi connectivity index (χ0n) is 13.9. The zero-order chi connectivity index (χ0) is 17.2. The quantitative estimate of drug-likeness (QED) is 0.464. The molecular weight excluding hydrogens is 328 g/mol. The van der Waals surface area contributed by atoms with E-state index in [4.69, 9.17) is 9.26 Å². The Morgan fingerprint density at radius 2 is 2.17 bits per heavy atom. The first-order chi connectivity index (χ1) is 11.5. The van der Waals surface area contributed by atoms with Crippen molar-refractivity contribution in [2.45, 2.75) is 19.4 Å². The highest BCUT2D eigenvalue weighted by Crippen LogP contribution is 2.22. The minimum Gasteiger partial charge on any atom is -0.858 e. The molecule has 0 N–H and O–H groups in total. The van der Waals surface area contributed by atoms with Gasteiger partial charge in [0.1, 0.15) is 11.3 Å². The van der Waals surface area contributed by atoms with Gasteiger partial charge in [0.2, 0.25) is 5.27 Å². The minimum atomic E-state index is -0.380. The lowest BCUT2D eigenvalue weighted by atomic mass is 10.1. The van der Waals surface area contributed by atoms with Gasteiger partial charge in [0.05, 0.1) is 18.4 Å². The van der Waals surface area contributed by atoms with Gasteiger partial charge in [-0.05, 0) is 37.4 Å². The number of thioether (sulfide) groups is 1. The number of benzene rings is 1. The van der Waals surface area contributed by atoms with Gasteiger partial charge in [0, 0.05) is 11.5 Å². The molecular formula is C16H20N4O3S. The van der Waals surface area contributed by atoms with E-state index < -0.39 is 0 Å². The molecule has 0 unspecified atom stereocenters. The van der Waals surface area contributed by atoms with Crippen LogP contribution in [0.5, 0.6) is 5.75 Å². The molecule has 0 spiro atoms. The first-order valence-corrected chi connectivity index (χ1v) is 8.79. The van der Waals surface area contributed by atoms with Crippen LogP contribution >= 0.6 is 11.8 Å². The Morgan fingerprint density at radius 3 is 2.83 bits per heavy atom. The van der Waals surface area contributed by atoms with E-state index in [2.05, 4.69) is 29.1 Å². The lowest BCUT2D eigenvalue weighted by Crippen LogP contribution is -2.70. The van der Waals surface area contributed by atoms with Gasteiger partial charge < -0.3 is 9.84 Å². The fraction of sp³-hybridized carbons (Fsp3) is 0.438. The summed E-state index contributed by atoms with van der Waals surface area (Å²) < 4.78 is 10.3. The molecule has 1 saturated heterocycles. The topological polar surface area (TPSA) is 77.8 Å². The van der Waals surface area contributed by atoms with Crippen LogP contribution in [0, 0.1) is 0 Å². The van der Waals surface area contributed by atoms with Gasteiger partial charge in [-0.1, -0.05) is 12.1 Å². The first-order valence-electron chi connectivity index (χ1n) is 7.64. The second-order valence-corrected chi connectivity index (χ2v) is 7.20. The Morgan fingerprint density at radius 1 is 1.42 bits per heavy atom. The maximum absolute atomic E-state index is 12.2. The normalized spacial score (nSPS) is 17.8. The summed E-state index contributed by atoms with van der Waals surface area (Å²) in [5.74, 6) is 2.53. The fourth-order valence-corrected chi connectivity index (χ4v) is 3.62. The molecule has 0 atom stereocenters. The molecule has 0 radical (unpaired) electrons. The predicted molar refractivity (Wildman–Crippen MR) is 90.4 cm³/mol. The smallest absolute Gasteiger partial charge is 0.324 e. The van der Waals surface area contributed by atoms with Gasteiger partial charge in [-0.25, -0.2) is 4.99 Å². The average molecular weight is 348 g/mol. The third-order valence-corrected chi connectivity index (χ3v) is 5.22. The standard InChI is InChI=1S/C16H20N4O3S/c1-16(2)11-24-9-8-19(16)20-10-14(23-18-20)17-15(21)12-4-6-13(22-3)7-5-12/h4-7,10H,8-9,11H2,1-3H3. The van der Waals surface area contributed by atoms with E-state index in [0.717, 1.165) is 18.1 Å². The molecule has 0 saturated carbocycles. The Hall–Kier alpha value is -2.22. The van der Waals surface area contributed by atoms with Gasteiger partial charge in [-0.15, -0.1) is 5.01 Å². The van der Waals surface area contributed by atoms with Gasteiger partial charge in [0.25, 0.3) is 6.20 Å². The summed E-state index contributed by atoms with van der Waals surface area (Å²) in [6, 6.07) is 6.77. The van der Waals surface area contributed by atoms with Crippen LogP contribution in [0.4, 0.5) is 5.88 Å². The molecule has 2 heterocycles. The van der Waals surface area contributed by atoms with Crippen LogP contribution in [0.2, 0.25) is 0 Å². The van der Waals surface area contributed by atoms with E-state index in [9.17, 15) is 5.11 Å². The molecule has 24 heavy (non-hydrogen) atoms. The summed E-state index contributed by atoms with van der Waals surface area (Å²) in [5.41, 5.74) is 0.426. The maximum Gasteiger partial charge on any atom is 0.324 e. The summed E-state index contributed by atoms with van der Waals surface area (Å²) in [6.07, 6.45) is 1.64. The highest BCUT2D eigenvalue weighted by Gasteiger charge is 2.38. The summed E-state index contributed by atoms with van der Waals surface area (Å²) in [4.78, 5) is 5.63. The third kappa shape index (κ3) is 3.48. The van der Waals surface area contributed by atoms with Crippen molar-refractivity contribution in [2.75, 3.05) is 30.2 Å². The number of hydrogen-bond acceptors (Lipinski definition) is 7. The summed E-state index contributed by atoms with van der Waals surface area (Å²) in [5, 5.41) is 18.3. The summed E-state index contributed by atoms with van der Waals surface area (Å²) >= 11 is 1.92. The average Bonchev–Trinajstić information content (AvgIpc) is 3.02. The van der Waals surface area contributed by atoms with Gasteiger partial charge in [-0.2, -0.15) is 11.8 Å². The Kier molecular flexibility index (Phi) is 4.66. The second kappa shape index (κ2) is 6.72. The lowest BCUT2D eigenvalue weighted by molar-refractivity contribution is -0.764. The van der Waals surface area contributed by atoms with Crippen molar-refractivity contribution >= 4 is 23.5 Å². The molecule has 2 aromatic rings. The molecule has 7 nitrogen and oxygen atoms in total. The van der Waals surface area contributed by atoms with Crippen LogP contribution < -0.4 is 19.6 Å². The van der Waals surface area contributed by atoms with Gasteiger partial charge >= 0.3 is 5.88 Å². The molecule has 0 amide bonds. The summed E-state index contributed by atoms with van der Waals surface area (Å²) in [7, 11) is 1.58. The Balaban J connectivity index is 1.79. The lowest BCUT2D eigenvalue weighted by Gasteiger charge is -2.34. The SMILES string of the molecule is COc1ccc(C([O-])=Nc2c[n+](N3CCSCC3(C)C)no2)cc1. The van der Waals surface area contributed by atoms with E-state index >= 15 is 0 Å². The van der Waals surface area contributed by atoms with Crippen LogP contribution in [-0.4, -0.2) is 41.9 Å². The number of nitrogens with zero attached hydrogens (tertiary/aromatic N) is 4. The van der Waals surface area contributed by atoms with E-state index in [0.29, 0.717) is 11.3 Å². The van der Waals surface area contributed by atoms with Crippen molar-refractivity contribution in [3.8, 4) is 5.75 Å². The molecule has 1 fully saturated rings. The van der Waals surface area contributed by atoms with E-state index in [-0.39, 0.29) is 17.3 Å². The first kappa shape index (κ1) is 16.6. The fourth-order valence-electron chi connectivity index (χ4n) is 2.52. The molecule has 1 aromatic carbocycles. The van der Waals surface area contributed by atoms with Crippen LogP contribution in [0.1, 0.15) is 19.4 Å². The second-order valence-electron chi connectivity index (χ2n) is 6.09. The molecule has 1 aliphatic heterocycles. The Bertz CT molecular complexity index is 727. The number of hydrogen-bond donors (Lipinski definition) is 0. The van der Waals surface area contributed by atoms with E-state index in [1.54, 1.807) is 42.4 Å². The molecule has 8 heteroatoms. The zero-order valence-corrected chi connectivity index (χ0v) is 14.7. The van der Waals surface area contributed by atoms with Crippen LogP contribution in [0.3, 0.4) is 0 Å². The van der Waals surface area contributed by atoms with Crippen molar-refractivity contribution in [1.29, 1.82) is 0 Å². The minimum absolute atomic E-state index is 0.0400. The molecule has 0 bridgehead atoms. The van der Waals surface area contributed by atoms with Gasteiger partial charge in [-0.3, -0.25) is 4.52 Å². The molecule has 3 rings (SSSR count). The predicted octanol–water partition coefficient (Wildman–Crippen LogP) is 0.873. The van der Waals surface area contributed by atoms with Crippen molar-refractivity contribution in [2.24, 2.45) is 4.99 Å². The van der Waals surface area contributed by atoms with Crippen molar-refractivity contribution in [1.82, 2.24) is 5.27 Å². The van der Waals surface area contributed by atoms with Crippen molar-refractivity contribution in [3.63, 3.8) is 0 Å². The molecule has 128 valence electrons. The Labute approximate surface area is 144 Å². The number of methoxy groups -OCH3 is 1.